The van der Waals surface area contributed by atoms with E-state index in [1.54, 1.807) is 6.07 Å². The summed E-state index contributed by atoms with van der Waals surface area (Å²) in [7, 11) is 0. The van der Waals surface area contributed by atoms with Crippen molar-refractivity contribution in [2.75, 3.05) is 25.4 Å². The summed E-state index contributed by atoms with van der Waals surface area (Å²) in [5.41, 5.74) is 9.39. The Morgan fingerprint density at radius 3 is 2.52 bits per heavy atom. The molecular formula is C20H26N2O. The van der Waals surface area contributed by atoms with E-state index in [-0.39, 0.29) is 5.41 Å². The van der Waals surface area contributed by atoms with Gasteiger partial charge in [-0.05, 0) is 48.2 Å². The molecule has 0 amide bonds. The quantitative estimate of drug-likeness (QED) is 0.802. The van der Waals surface area contributed by atoms with Crippen LogP contribution in [-0.4, -0.2) is 29.6 Å². The highest BCUT2D eigenvalue weighted by Gasteiger charge is 2.43. The second-order valence-electron chi connectivity index (χ2n) is 6.78. The maximum Gasteiger partial charge on any atom is 0.115 e. The number of aromatic hydroxyl groups is 1. The fraction of sp³-hybridized carbons (Fsp3) is 0.400. The summed E-state index contributed by atoms with van der Waals surface area (Å²) in [6, 6.07) is 16.0. The summed E-state index contributed by atoms with van der Waals surface area (Å²) < 4.78 is 0. The molecule has 1 heterocycles. The van der Waals surface area contributed by atoms with E-state index in [2.05, 4.69) is 30.0 Å². The number of benzene rings is 2. The van der Waals surface area contributed by atoms with Crippen LogP contribution in [0.25, 0.3) is 0 Å². The van der Waals surface area contributed by atoms with Crippen molar-refractivity contribution in [1.82, 2.24) is 4.90 Å². The van der Waals surface area contributed by atoms with Gasteiger partial charge in [0.15, 0.2) is 0 Å². The zero-order valence-electron chi connectivity index (χ0n) is 13.8. The van der Waals surface area contributed by atoms with Gasteiger partial charge in [-0.15, -0.1) is 0 Å². The first-order valence-electron chi connectivity index (χ1n) is 8.48. The molecule has 3 N–H and O–H groups in total. The molecule has 0 spiro atoms. The Hall–Kier alpha value is -2.00. The van der Waals surface area contributed by atoms with Crippen molar-refractivity contribution in [2.45, 2.75) is 31.6 Å². The number of nitrogen functional groups attached to an aromatic ring is 1. The van der Waals surface area contributed by atoms with Crippen LogP contribution in [0.15, 0.2) is 48.5 Å². The van der Waals surface area contributed by atoms with Crippen molar-refractivity contribution in [3.05, 3.63) is 59.7 Å². The van der Waals surface area contributed by atoms with Gasteiger partial charge in [0.05, 0.1) is 0 Å². The number of likely N-dealkylation sites (tertiary alicyclic amines) is 1. The van der Waals surface area contributed by atoms with Crippen molar-refractivity contribution in [2.24, 2.45) is 0 Å². The van der Waals surface area contributed by atoms with Gasteiger partial charge in [-0.2, -0.15) is 0 Å². The van der Waals surface area contributed by atoms with Gasteiger partial charge in [-0.25, -0.2) is 0 Å². The minimum atomic E-state index is 0.217. The van der Waals surface area contributed by atoms with Gasteiger partial charge in [-0.3, -0.25) is 0 Å². The molecule has 1 aliphatic heterocycles. The maximum atomic E-state index is 9.78. The molecule has 0 saturated carbocycles. The van der Waals surface area contributed by atoms with Gasteiger partial charge in [0.2, 0.25) is 0 Å². The molecule has 0 atom stereocenters. The van der Waals surface area contributed by atoms with Gasteiger partial charge < -0.3 is 15.7 Å². The fourth-order valence-electron chi connectivity index (χ4n) is 3.74. The summed E-state index contributed by atoms with van der Waals surface area (Å²) in [6.07, 6.45) is 3.40. The molecule has 3 rings (SSSR count). The molecule has 3 heteroatoms. The minimum absolute atomic E-state index is 0.217. The van der Waals surface area contributed by atoms with Gasteiger partial charge >= 0.3 is 0 Å². The third-order valence-corrected chi connectivity index (χ3v) is 4.94. The molecule has 2 aromatic rings. The van der Waals surface area contributed by atoms with Crippen LogP contribution in [0.1, 0.15) is 30.9 Å². The van der Waals surface area contributed by atoms with E-state index in [0.29, 0.717) is 5.75 Å². The lowest BCUT2D eigenvalue weighted by Crippen LogP contribution is -2.59. The molecular weight excluding hydrogens is 284 g/mol. The maximum absolute atomic E-state index is 9.78. The molecule has 0 bridgehead atoms. The van der Waals surface area contributed by atoms with Crippen LogP contribution in [0.5, 0.6) is 5.75 Å². The standard InChI is InChI=1S/C20H26N2O/c1-2-11-20(17-4-3-5-19(23)13-17)14-22(15-20)12-10-16-6-8-18(21)9-7-16/h3-9,13,23H,2,10-12,14-15,21H2,1H3. The molecule has 23 heavy (non-hydrogen) atoms. The smallest absolute Gasteiger partial charge is 0.115 e. The van der Waals surface area contributed by atoms with E-state index in [0.717, 1.165) is 31.7 Å². The molecule has 0 radical (unpaired) electrons. The molecule has 3 nitrogen and oxygen atoms in total. The number of hydrogen-bond acceptors (Lipinski definition) is 3. The number of rotatable bonds is 6. The van der Waals surface area contributed by atoms with Crippen LogP contribution in [-0.2, 0) is 11.8 Å². The average molecular weight is 310 g/mol. The van der Waals surface area contributed by atoms with E-state index >= 15 is 0 Å². The summed E-state index contributed by atoms with van der Waals surface area (Å²) >= 11 is 0. The van der Waals surface area contributed by atoms with Crippen molar-refractivity contribution in [3.8, 4) is 5.75 Å². The second-order valence-corrected chi connectivity index (χ2v) is 6.78. The number of phenolic OH excluding ortho intramolecular Hbond substituents is 1. The van der Waals surface area contributed by atoms with Crippen LogP contribution in [0.3, 0.4) is 0 Å². The lowest BCUT2D eigenvalue weighted by atomic mass is 9.70. The van der Waals surface area contributed by atoms with Crippen molar-refractivity contribution in [1.29, 1.82) is 0 Å². The van der Waals surface area contributed by atoms with Crippen molar-refractivity contribution >= 4 is 5.69 Å². The molecule has 1 saturated heterocycles. The van der Waals surface area contributed by atoms with E-state index < -0.39 is 0 Å². The summed E-state index contributed by atoms with van der Waals surface area (Å²) in [5.74, 6) is 0.373. The Bertz CT molecular complexity index is 645. The molecule has 0 aromatic heterocycles. The Kier molecular flexibility index (Phi) is 4.58. The number of hydrogen-bond donors (Lipinski definition) is 2. The van der Waals surface area contributed by atoms with Crippen molar-refractivity contribution in [3.63, 3.8) is 0 Å². The van der Waals surface area contributed by atoms with Gasteiger partial charge in [0.25, 0.3) is 0 Å². The molecule has 1 aliphatic rings. The van der Waals surface area contributed by atoms with E-state index in [1.165, 1.54) is 24.0 Å². The fourth-order valence-corrected chi connectivity index (χ4v) is 3.74. The lowest BCUT2D eigenvalue weighted by molar-refractivity contribution is 0.0584. The van der Waals surface area contributed by atoms with E-state index in [1.807, 2.05) is 24.3 Å². The second kappa shape index (κ2) is 6.63. The Labute approximate surface area is 138 Å². The van der Waals surface area contributed by atoms with Crippen molar-refractivity contribution < 1.29 is 5.11 Å². The first-order chi connectivity index (χ1) is 11.1. The Morgan fingerprint density at radius 2 is 1.87 bits per heavy atom. The predicted molar refractivity (Wildman–Crippen MR) is 95.7 cm³/mol. The first kappa shape index (κ1) is 15.9. The summed E-state index contributed by atoms with van der Waals surface area (Å²) in [4.78, 5) is 2.51. The van der Waals surface area contributed by atoms with Gasteiger partial charge in [-0.1, -0.05) is 37.6 Å². The SMILES string of the molecule is CCCC1(c2cccc(O)c2)CN(CCc2ccc(N)cc2)C1. The van der Waals surface area contributed by atoms with E-state index in [4.69, 9.17) is 5.73 Å². The Morgan fingerprint density at radius 1 is 1.13 bits per heavy atom. The predicted octanol–water partition coefficient (Wildman–Crippen LogP) is 3.57. The van der Waals surface area contributed by atoms with Crippen LogP contribution >= 0.6 is 0 Å². The Balaban J connectivity index is 1.61. The normalized spacial score (nSPS) is 16.9. The monoisotopic (exact) mass is 310 g/mol. The largest absolute Gasteiger partial charge is 0.508 e. The molecule has 0 aliphatic carbocycles. The minimum Gasteiger partial charge on any atom is -0.508 e. The average Bonchev–Trinajstić information content (AvgIpc) is 2.51. The molecule has 2 aromatic carbocycles. The van der Waals surface area contributed by atoms with Crippen LogP contribution in [0.4, 0.5) is 5.69 Å². The van der Waals surface area contributed by atoms with Gasteiger partial charge in [0.1, 0.15) is 5.75 Å². The zero-order chi connectivity index (χ0) is 16.3. The third kappa shape index (κ3) is 3.50. The zero-order valence-corrected chi connectivity index (χ0v) is 13.8. The number of anilines is 1. The van der Waals surface area contributed by atoms with Crippen LogP contribution < -0.4 is 5.73 Å². The highest BCUT2D eigenvalue weighted by molar-refractivity contribution is 5.39. The first-order valence-corrected chi connectivity index (χ1v) is 8.48. The lowest BCUT2D eigenvalue weighted by Gasteiger charge is -2.51. The van der Waals surface area contributed by atoms with Gasteiger partial charge in [0, 0.05) is 30.7 Å². The van der Waals surface area contributed by atoms with E-state index in [9.17, 15) is 5.11 Å². The van der Waals surface area contributed by atoms with Crippen LogP contribution in [0.2, 0.25) is 0 Å². The number of nitrogens with two attached hydrogens (primary N) is 1. The number of phenols is 1. The summed E-state index contributed by atoms with van der Waals surface area (Å²) in [5, 5.41) is 9.78. The number of nitrogens with zero attached hydrogens (tertiary/aromatic N) is 1. The third-order valence-electron chi connectivity index (χ3n) is 4.94. The molecule has 1 fully saturated rings. The highest BCUT2D eigenvalue weighted by Crippen LogP contribution is 2.39. The molecule has 0 unspecified atom stereocenters. The highest BCUT2D eigenvalue weighted by atomic mass is 16.3. The van der Waals surface area contributed by atoms with Crippen LogP contribution in [0, 0.1) is 0 Å². The topological polar surface area (TPSA) is 49.5 Å². The summed E-state index contributed by atoms with van der Waals surface area (Å²) in [6.45, 7) is 5.48. The molecule has 122 valence electrons.